The first kappa shape index (κ1) is 13.1. The molecule has 2 aromatic rings. The van der Waals surface area contributed by atoms with Gasteiger partial charge < -0.3 is 10.5 Å². The van der Waals surface area contributed by atoms with Gasteiger partial charge in [-0.2, -0.15) is 0 Å². The van der Waals surface area contributed by atoms with Gasteiger partial charge in [-0.25, -0.2) is 0 Å². The molecule has 0 spiro atoms. The molecule has 3 rings (SSSR count). The van der Waals surface area contributed by atoms with Crippen molar-refractivity contribution in [3.8, 4) is 0 Å². The number of primary amides is 1. The van der Waals surface area contributed by atoms with Crippen molar-refractivity contribution in [2.45, 2.75) is 6.54 Å². The lowest BCUT2D eigenvalue weighted by Crippen LogP contribution is -2.35. The average Bonchev–Trinajstić information content (AvgIpc) is 2.47. The minimum Gasteiger partial charge on any atom is -0.379 e. The molecule has 0 radical (unpaired) electrons. The molecule has 0 bridgehead atoms. The third-order valence-electron chi connectivity index (χ3n) is 3.72. The molecule has 4 nitrogen and oxygen atoms in total. The molecule has 1 aliphatic rings. The molecule has 1 saturated heterocycles. The van der Waals surface area contributed by atoms with E-state index in [0.717, 1.165) is 43.6 Å². The van der Waals surface area contributed by atoms with Crippen LogP contribution in [0.5, 0.6) is 0 Å². The van der Waals surface area contributed by atoms with Crippen LogP contribution in [0.2, 0.25) is 0 Å². The van der Waals surface area contributed by atoms with Crippen LogP contribution >= 0.6 is 0 Å². The van der Waals surface area contributed by atoms with E-state index in [4.69, 9.17) is 10.5 Å². The molecular formula is C16H18N2O2. The topological polar surface area (TPSA) is 55.6 Å². The van der Waals surface area contributed by atoms with Crippen LogP contribution in [0.4, 0.5) is 0 Å². The molecule has 0 atom stereocenters. The largest absolute Gasteiger partial charge is 0.379 e. The van der Waals surface area contributed by atoms with Crippen molar-refractivity contribution in [1.29, 1.82) is 0 Å². The first-order valence-electron chi connectivity index (χ1n) is 6.85. The molecule has 0 saturated carbocycles. The number of morpholine rings is 1. The van der Waals surface area contributed by atoms with Crippen LogP contribution in [0, 0.1) is 0 Å². The van der Waals surface area contributed by atoms with Crippen molar-refractivity contribution in [2.24, 2.45) is 5.73 Å². The predicted octanol–water partition coefficient (Wildman–Crippen LogP) is 1.77. The smallest absolute Gasteiger partial charge is 0.249 e. The van der Waals surface area contributed by atoms with E-state index < -0.39 is 0 Å². The molecule has 0 unspecified atom stereocenters. The van der Waals surface area contributed by atoms with E-state index in [2.05, 4.69) is 17.0 Å². The van der Waals surface area contributed by atoms with Crippen LogP contribution < -0.4 is 5.73 Å². The molecule has 2 aromatic carbocycles. The number of nitrogens with two attached hydrogens (primary N) is 1. The van der Waals surface area contributed by atoms with Gasteiger partial charge in [0.15, 0.2) is 0 Å². The monoisotopic (exact) mass is 270 g/mol. The van der Waals surface area contributed by atoms with Gasteiger partial charge in [-0.15, -0.1) is 0 Å². The summed E-state index contributed by atoms with van der Waals surface area (Å²) >= 11 is 0. The highest BCUT2D eigenvalue weighted by Crippen LogP contribution is 2.21. The second kappa shape index (κ2) is 5.61. The summed E-state index contributed by atoms with van der Waals surface area (Å²) in [5.74, 6) is -0.378. The number of fused-ring (bicyclic) bond motifs is 1. The Morgan fingerprint density at radius 2 is 2.00 bits per heavy atom. The molecular weight excluding hydrogens is 252 g/mol. The first-order valence-corrected chi connectivity index (χ1v) is 6.85. The zero-order valence-electron chi connectivity index (χ0n) is 11.3. The Labute approximate surface area is 118 Å². The van der Waals surface area contributed by atoms with Crippen molar-refractivity contribution in [1.82, 2.24) is 4.90 Å². The Morgan fingerprint density at radius 3 is 2.75 bits per heavy atom. The molecule has 4 heteroatoms. The fourth-order valence-corrected chi connectivity index (χ4v) is 2.66. The highest BCUT2D eigenvalue weighted by Gasteiger charge is 2.11. The minimum atomic E-state index is -0.378. The molecule has 0 aromatic heterocycles. The molecule has 0 aliphatic carbocycles. The van der Waals surface area contributed by atoms with Crippen LogP contribution in [-0.2, 0) is 11.3 Å². The fourth-order valence-electron chi connectivity index (χ4n) is 2.66. The lowest BCUT2D eigenvalue weighted by atomic mass is 10.0. The average molecular weight is 270 g/mol. The van der Waals surface area contributed by atoms with Crippen LogP contribution in [0.15, 0.2) is 36.4 Å². The van der Waals surface area contributed by atoms with Crippen LogP contribution in [-0.4, -0.2) is 37.1 Å². The summed E-state index contributed by atoms with van der Waals surface area (Å²) in [6, 6.07) is 11.9. The second-order valence-electron chi connectivity index (χ2n) is 5.11. The van der Waals surface area contributed by atoms with Crippen molar-refractivity contribution in [2.75, 3.05) is 26.3 Å². The van der Waals surface area contributed by atoms with Crippen LogP contribution in [0.1, 0.15) is 15.9 Å². The highest BCUT2D eigenvalue weighted by molar-refractivity contribution is 6.06. The molecule has 1 aliphatic heterocycles. The van der Waals surface area contributed by atoms with Crippen molar-refractivity contribution in [3.63, 3.8) is 0 Å². The number of amides is 1. The fraction of sp³-hybridized carbons (Fsp3) is 0.312. The van der Waals surface area contributed by atoms with Gasteiger partial charge in [-0.3, -0.25) is 9.69 Å². The van der Waals surface area contributed by atoms with E-state index in [-0.39, 0.29) is 5.91 Å². The van der Waals surface area contributed by atoms with Crippen molar-refractivity contribution >= 4 is 16.7 Å². The Bertz CT molecular complexity index is 633. The molecule has 2 N–H and O–H groups in total. The third kappa shape index (κ3) is 2.66. The van der Waals surface area contributed by atoms with Crippen LogP contribution in [0.25, 0.3) is 10.8 Å². The van der Waals surface area contributed by atoms with E-state index in [1.807, 2.05) is 18.2 Å². The zero-order chi connectivity index (χ0) is 13.9. The van der Waals surface area contributed by atoms with Gasteiger partial charge in [0.05, 0.1) is 13.2 Å². The number of nitrogens with zero attached hydrogens (tertiary/aromatic N) is 1. The Kier molecular flexibility index (Phi) is 3.67. The Morgan fingerprint density at radius 1 is 1.20 bits per heavy atom. The number of benzene rings is 2. The number of hydrogen-bond donors (Lipinski definition) is 1. The maximum atomic E-state index is 11.4. The Hall–Kier alpha value is -1.91. The van der Waals surface area contributed by atoms with Gasteiger partial charge >= 0.3 is 0 Å². The summed E-state index contributed by atoms with van der Waals surface area (Å²) < 4.78 is 5.36. The number of carbonyl (C=O) groups excluding carboxylic acids is 1. The van der Waals surface area contributed by atoms with Gasteiger partial charge in [-0.05, 0) is 28.5 Å². The van der Waals surface area contributed by atoms with Gasteiger partial charge in [0, 0.05) is 25.2 Å². The zero-order valence-corrected chi connectivity index (χ0v) is 11.3. The normalized spacial score (nSPS) is 16.4. The lowest BCUT2D eigenvalue weighted by Gasteiger charge is -2.26. The molecule has 1 heterocycles. The Balaban J connectivity index is 1.89. The molecule has 1 amide bonds. The first-order chi connectivity index (χ1) is 9.74. The van der Waals surface area contributed by atoms with E-state index in [1.54, 1.807) is 6.07 Å². The van der Waals surface area contributed by atoms with Crippen molar-refractivity contribution in [3.05, 3.63) is 47.5 Å². The number of ether oxygens (including phenoxy) is 1. The SMILES string of the molecule is NC(=O)c1cccc2cc(CN3CCOCC3)ccc12. The van der Waals surface area contributed by atoms with Crippen molar-refractivity contribution < 1.29 is 9.53 Å². The standard InChI is InChI=1S/C16H18N2O2/c17-16(19)15-3-1-2-13-10-12(4-5-14(13)15)11-18-6-8-20-9-7-18/h1-5,10H,6-9,11H2,(H2,17,19). The van der Waals surface area contributed by atoms with Gasteiger partial charge in [0.25, 0.3) is 0 Å². The summed E-state index contributed by atoms with van der Waals surface area (Å²) in [5.41, 5.74) is 7.24. The molecule has 104 valence electrons. The van der Waals surface area contributed by atoms with E-state index in [9.17, 15) is 4.79 Å². The quantitative estimate of drug-likeness (QED) is 0.924. The van der Waals surface area contributed by atoms with Gasteiger partial charge in [-0.1, -0.05) is 24.3 Å². The minimum absolute atomic E-state index is 0.378. The summed E-state index contributed by atoms with van der Waals surface area (Å²) in [6.07, 6.45) is 0. The summed E-state index contributed by atoms with van der Waals surface area (Å²) in [6.45, 7) is 4.47. The van der Waals surface area contributed by atoms with Gasteiger partial charge in [0.1, 0.15) is 0 Å². The van der Waals surface area contributed by atoms with Gasteiger partial charge in [0.2, 0.25) is 5.91 Å². The maximum absolute atomic E-state index is 11.4. The van der Waals surface area contributed by atoms with Crippen LogP contribution in [0.3, 0.4) is 0 Å². The summed E-state index contributed by atoms with van der Waals surface area (Å²) in [5, 5.41) is 1.98. The van der Waals surface area contributed by atoms with E-state index in [0.29, 0.717) is 5.56 Å². The van der Waals surface area contributed by atoms with E-state index >= 15 is 0 Å². The lowest BCUT2D eigenvalue weighted by molar-refractivity contribution is 0.0342. The number of hydrogen-bond acceptors (Lipinski definition) is 3. The second-order valence-corrected chi connectivity index (χ2v) is 5.11. The predicted molar refractivity (Wildman–Crippen MR) is 78.6 cm³/mol. The third-order valence-corrected chi connectivity index (χ3v) is 3.72. The highest BCUT2D eigenvalue weighted by atomic mass is 16.5. The molecule has 1 fully saturated rings. The molecule has 20 heavy (non-hydrogen) atoms. The number of carbonyl (C=O) groups is 1. The maximum Gasteiger partial charge on any atom is 0.249 e. The summed E-state index contributed by atoms with van der Waals surface area (Å²) in [7, 11) is 0. The summed E-state index contributed by atoms with van der Waals surface area (Å²) in [4.78, 5) is 13.8. The van der Waals surface area contributed by atoms with E-state index in [1.165, 1.54) is 5.56 Å². The number of rotatable bonds is 3.